The van der Waals surface area contributed by atoms with Gasteiger partial charge in [0.15, 0.2) is 6.33 Å². The van der Waals surface area contributed by atoms with Crippen LogP contribution >= 0.6 is 11.6 Å². The van der Waals surface area contributed by atoms with Gasteiger partial charge < -0.3 is 10.1 Å². The van der Waals surface area contributed by atoms with Crippen LogP contribution in [0.5, 0.6) is 5.75 Å². The number of benzene rings is 1. The zero-order chi connectivity index (χ0) is 18.6. The lowest BCUT2D eigenvalue weighted by atomic mass is 9.50. The van der Waals surface area contributed by atoms with Crippen molar-refractivity contribution in [2.45, 2.75) is 49.6 Å². The third-order valence-electron chi connectivity index (χ3n) is 6.59. The highest BCUT2D eigenvalue weighted by Crippen LogP contribution is 2.60. The molecule has 4 bridgehead atoms. The number of hydrogen-bond acceptors (Lipinski definition) is 5. The van der Waals surface area contributed by atoms with Crippen LogP contribution in [0.4, 0.5) is 0 Å². The number of ether oxygens (including phenoxy) is 1. The van der Waals surface area contributed by atoms with Gasteiger partial charge in [-0.1, -0.05) is 11.6 Å². The zero-order valence-electron chi connectivity index (χ0n) is 15.2. The molecule has 0 spiro atoms. The van der Waals surface area contributed by atoms with E-state index in [-0.39, 0.29) is 17.0 Å². The molecular weight excluding hydrogens is 366 g/mol. The van der Waals surface area contributed by atoms with Crippen LogP contribution in [0.2, 0.25) is 5.02 Å². The molecule has 2 aromatic rings. The van der Waals surface area contributed by atoms with Crippen molar-refractivity contribution in [3.8, 4) is 5.75 Å². The fourth-order valence-corrected chi connectivity index (χ4v) is 6.30. The van der Waals surface area contributed by atoms with Crippen molar-refractivity contribution in [3.05, 3.63) is 35.1 Å². The Morgan fingerprint density at radius 2 is 2.07 bits per heavy atom. The zero-order valence-corrected chi connectivity index (χ0v) is 15.9. The fourth-order valence-electron chi connectivity index (χ4n) is 6.14. The van der Waals surface area contributed by atoms with E-state index < -0.39 is 0 Å². The lowest BCUT2D eigenvalue weighted by molar-refractivity contribution is -0.0810. The smallest absolute Gasteiger partial charge is 0.255 e. The summed E-state index contributed by atoms with van der Waals surface area (Å²) in [7, 11) is 1.55. The Balaban J connectivity index is 1.46. The molecular formula is C19H22ClN5O2. The standard InChI is InChI=1S/C19H22ClN5O2/c1-27-16-5-14(20)2-3-15(16)17(26)23-18-6-12-4-13(7-18)9-19(8-12,10-18)25-22-11-21-24-25/h2-3,5,11-13H,4,6-10H2,1H3,(H,23,26). The van der Waals surface area contributed by atoms with E-state index in [0.29, 0.717) is 28.2 Å². The van der Waals surface area contributed by atoms with Crippen LogP contribution in [-0.2, 0) is 5.54 Å². The van der Waals surface area contributed by atoms with Crippen LogP contribution in [0.3, 0.4) is 0 Å². The number of carbonyl (C=O) groups is 1. The summed E-state index contributed by atoms with van der Waals surface area (Å²) in [4.78, 5) is 14.9. The lowest BCUT2D eigenvalue weighted by Gasteiger charge is -2.61. The van der Waals surface area contributed by atoms with Crippen LogP contribution < -0.4 is 10.1 Å². The first-order valence-corrected chi connectivity index (χ1v) is 9.78. The predicted octanol–water partition coefficient (Wildman–Crippen LogP) is 2.81. The van der Waals surface area contributed by atoms with Gasteiger partial charge >= 0.3 is 0 Å². The SMILES string of the molecule is COc1cc(Cl)ccc1C(=O)NC12CC3CC(C1)CC(n1ncnn1)(C3)C2. The minimum absolute atomic E-state index is 0.104. The van der Waals surface area contributed by atoms with Gasteiger partial charge in [-0.3, -0.25) is 4.79 Å². The first-order valence-electron chi connectivity index (χ1n) is 9.40. The van der Waals surface area contributed by atoms with Crippen molar-refractivity contribution in [2.24, 2.45) is 11.8 Å². The predicted molar refractivity (Wildman–Crippen MR) is 98.7 cm³/mol. The maximum atomic E-state index is 13.1. The molecule has 0 aliphatic heterocycles. The van der Waals surface area contributed by atoms with Crippen LogP contribution in [0.25, 0.3) is 0 Å². The molecule has 1 aromatic heterocycles. The number of rotatable bonds is 4. The highest BCUT2D eigenvalue weighted by atomic mass is 35.5. The molecule has 8 heteroatoms. The number of aromatic nitrogens is 4. The molecule has 0 saturated heterocycles. The molecule has 142 valence electrons. The van der Waals surface area contributed by atoms with Crippen molar-refractivity contribution in [3.63, 3.8) is 0 Å². The number of amides is 1. The molecule has 1 aromatic carbocycles. The number of nitrogens with one attached hydrogen (secondary N) is 1. The molecule has 0 radical (unpaired) electrons. The van der Waals surface area contributed by atoms with Gasteiger partial charge in [-0.2, -0.15) is 4.80 Å². The molecule has 27 heavy (non-hydrogen) atoms. The maximum absolute atomic E-state index is 13.1. The van der Waals surface area contributed by atoms with E-state index >= 15 is 0 Å². The molecule has 4 fully saturated rings. The molecule has 4 aliphatic carbocycles. The van der Waals surface area contributed by atoms with E-state index in [9.17, 15) is 4.79 Å². The third-order valence-corrected chi connectivity index (χ3v) is 6.83. The number of carbonyl (C=O) groups excluding carboxylic acids is 1. The van der Waals surface area contributed by atoms with Gasteiger partial charge in [-0.05, 0) is 73.8 Å². The summed E-state index contributed by atoms with van der Waals surface area (Å²) in [6, 6.07) is 5.13. The van der Waals surface area contributed by atoms with E-state index in [0.717, 1.165) is 32.1 Å². The Labute approximate surface area is 162 Å². The van der Waals surface area contributed by atoms with Crippen LogP contribution in [-0.4, -0.2) is 38.8 Å². The normalized spacial score (nSPS) is 33.9. The molecule has 1 heterocycles. The van der Waals surface area contributed by atoms with Crippen molar-refractivity contribution in [1.29, 1.82) is 0 Å². The van der Waals surface area contributed by atoms with Crippen LogP contribution in [0, 0.1) is 11.8 Å². The van der Waals surface area contributed by atoms with Crippen molar-refractivity contribution >= 4 is 17.5 Å². The first-order chi connectivity index (χ1) is 13.0. The topological polar surface area (TPSA) is 81.9 Å². The van der Waals surface area contributed by atoms with E-state index in [2.05, 4.69) is 20.7 Å². The minimum atomic E-state index is -0.223. The van der Waals surface area contributed by atoms with Gasteiger partial charge in [0, 0.05) is 10.6 Å². The summed E-state index contributed by atoms with van der Waals surface area (Å²) in [5.74, 6) is 1.57. The second kappa shape index (κ2) is 5.92. The van der Waals surface area contributed by atoms with Gasteiger partial charge in [-0.15, -0.1) is 10.2 Å². The van der Waals surface area contributed by atoms with Gasteiger partial charge in [0.2, 0.25) is 0 Å². The quantitative estimate of drug-likeness (QED) is 0.872. The minimum Gasteiger partial charge on any atom is -0.496 e. The van der Waals surface area contributed by atoms with Gasteiger partial charge in [-0.25, -0.2) is 0 Å². The van der Waals surface area contributed by atoms with E-state index in [1.54, 1.807) is 30.1 Å². The Kier molecular flexibility index (Phi) is 3.73. The molecule has 4 saturated carbocycles. The van der Waals surface area contributed by atoms with E-state index in [1.165, 1.54) is 12.7 Å². The molecule has 7 nitrogen and oxygen atoms in total. The number of methoxy groups -OCH3 is 1. The summed E-state index contributed by atoms with van der Waals surface area (Å²) >= 11 is 6.04. The summed E-state index contributed by atoms with van der Waals surface area (Å²) in [6.45, 7) is 0. The lowest BCUT2D eigenvalue weighted by Crippen LogP contribution is -2.66. The third kappa shape index (κ3) is 2.71. The molecule has 1 amide bonds. The summed E-state index contributed by atoms with van der Waals surface area (Å²) < 4.78 is 5.37. The second-order valence-corrected chi connectivity index (χ2v) is 8.93. The van der Waals surface area contributed by atoms with Crippen LogP contribution in [0.1, 0.15) is 48.9 Å². The highest BCUT2D eigenvalue weighted by molar-refractivity contribution is 6.30. The second-order valence-electron chi connectivity index (χ2n) is 8.49. The Morgan fingerprint density at radius 3 is 2.74 bits per heavy atom. The largest absolute Gasteiger partial charge is 0.496 e. The first kappa shape index (κ1) is 17.0. The fraction of sp³-hybridized carbons (Fsp3) is 0.579. The number of hydrogen-bond donors (Lipinski definition) is 1. The summed E-state index contributed by atoms with van der Waals surface area (Å²) in [5, 5.41) is 16.4. The summed E-state index contributed by atoms with van der Waals surface area (Å²) in [5.41, 5.74) is 0.169. The molecule has 2 atom stereocenters. The van der Waals surface area contributed by atoms with Crippen molar-refractivity contribution in [2.75, 3.05) is 7.11 Å². The average molecular weight is 388 g/mol. The Morgan fingerprint density at radius 1 is 1.30 bits per heavy atom. The number of nitrogens with zero attached hydrogens (tertiary/aromatic N) is 4. The molecule has 4 aliphatic rings. The van der Waals surface area contributed by atoms with Crippen molar-refractivity contribution < 1.29 is 9.53 Å². The molecule has 1 N–H and O–H groups in total. The van der Waals surface area contributed by atoms with Crippen LogP contribution in [0.15, 0.2) is 24.5 Å². The monoisotopic (exact) mass is 387 g/mol. The van der Waals surface area contributed by atoms with Gasteiger partial charge in [0.1, 0.15) is 5.75 Å². The average Bonchev–Trinajstić information content (AvgIpc) is 3.15. The summed E-state index contributed by atoms with van der Waals surface area (Å²) in [6.07, 6.45) is 7.76. The van der Waals surface area contributed by atoms with Gasteiger partial charge in [0.05, 0.1) is 18.2 Å². The van der Waals surface area contributed by atoms with Crippen molar-refractivity contribution in [1.82, 2.24) is 25.5 Å². The molecule has 2 unspecified atom stereocenters. The Bertz CT molecular complexity index is 870. The van der Waals surface area contributed by atoms with E-state index in [1.807, 2.05) is 0 Å². The molecule has 6 rings (SSSR count). The highest BCUT2D eigenvalue weighted by Gasteiger charge is 2.60. The Hall–Kier alpha value is -2.15. The number of halogens is 1. The van der Waals surface area contributed by atoms with Gasteiger partial charge in [0.25, 0.3) is 5.91 Å². The maximum Gasteiger partial charge on any atom is 0.255 e. The van der Waals surface area contributed by atoms with E-state index in [4.69, 9.17) is 16.3 Å². The number of tetrazole rings is 1.